The molecule has 14 nitrogen and oxygen atoms in total. The molecule has 7 N–H and O–H groups in total. The van der Waals surface area contributed by atoms with Crippen LogP contribution in [0.5, 0.6) is 0 Å². The smallest absolute Gasteiger partial charge is 0.306 e. The normalized spacial score (nSPS) is 25.2. The van der Waals surface area contributed by atoms with Gasteiger partial charge in [-0.05, 0) is 70.6 Å². The number of unbranched alkanes of at least 4 members (excludes halogenated alkanes) is 18. The van der Waals surface area contributed by atoms with Gasteiger partial charge >= 0.3 is 5.97 Å². The maximum absolute atomic E-state index is 13.1. The Kier molecular flexibility index (Phi) is 43.0. The molecule has 0 spiro atoms. The second kappa shape index (κ2) is 47.2. The van der Waals surface area contributed by atoms with Gasteiger partial charge in [0, 0.05) is 13.0 Å². The van der Waals surface area contributed by atoms with Crippen LogP contribution in [0.4, 0.5) is 0 Å². The van der Waals surface area contributed by atoms with Gasteiger partial charge in [0.15, 0.2) is 12.6 Å². The lowest BCUT2D eigenvalue weighted by Gasteiger charge is -2.42. The van der Waals surface area contributed by atoms with Crippen molar-refractivity contribution in [2.75, 3.05) is 33.0 Å². The first kappa shape index (κ1) is 68.3. The van der Waals surface area contributed by atoms with E-state index >= 15 is 0 Å². The highest BCUT2D eigenvalue weighted by molar-refractivity contribution is 5.69. The SMILES string of the molecule is CC/C=C\C/C=C\C/C=C\C/C=C\C/C=C\C/C=C\C/C=C\CCCCOCC(COC1OC(COC2OC(CO)C(O)C(O)C2O)C(O)C(O)C1O)OC(=O)CCCCCCCCCCCCCCCCCCC. The fourth-order valence-electron chi connectivity index (χ4n) is 8.74. The van der Waals surface area contributed by atoms with E-state index in [1.165, 1.54) is 83.5 Å². The average molecular weight is 1060 g/mol. The van der Waals surface area contributed by atoms with Gasteiger partial charge in [0.25, 0.3) is 0 Å². The van der Waals surface area contributed by atoms with E-state index < -0.39 is 86.7 Å². The van der Waals surface area contributed by atoms with Crippen molar-refractivity contribution in [1.82, 2.24) is 0 Å². The molecule has 0 aromatic rings. The molecular weight excluding hydrogens is 957 g/mol. The first-order valence-electron chi connectivity index (χ1n) is 29.2. The van der Waals surface area contributed by atoms with Gasteiger partial charge in [-0.3, -0.25) is 4.79 Å². The van der Waals surface area contributed by atoms with E-state index in [4.69, 9.17) is 28.4 Å². The molecule has 14 heteroatoms. The van der Waals surface area contributed by atoms with Gasteiger partial charge in [-0.25, -0.2) is 0 Å². The Morgan fingerprint density at radius 1 is 0.453 bits per heavy atom. The zero-order chi connectivity index (χ0) is 54.4. The second-order valence-corrected chi connectivity index (χ2v) is 20.1. The van der Waals surface area contributed by atoms with Crippen LogP contribution >= 0.6 is 0 Å². The number of aliphatic hydroxyl groups excluding tert-OH is 7. The van der Waals surface area contributed by atoms with Crippen molar-refractivity contribution >= 4 is 5.97 Å². The van der Waals surface area contributed by atoms with Gasteiger partial charge < -0.3 is 64.2 Å². The molecule has 2 heterocycles. The number of esters is 1. The Morgan fingerprint density at radius 2 is 0.867 bits per heavy atom. The van der Waals surface area contributed by atoms with E-state index in [1.807, 2.05) is 0 Å². The molecule has 2 rings (SSSR count). The van der Waals surface area contributed by atoms with Crippen molar-refractivity contribution in [3.05, 3.63) is 85.1 Å². The third kappa shape index (κ3) is 33.9. The first-order chi connectivity index (χ1) is 36.6. The largest absolute Gasteiger partial charge is 0.457 e. The summed E-state index contributed by atoms with van der Waals surface area (Å²) in [5.74, 6) is -0.392. The highest BCUT2D eigenvalue weighted by atomic mass is 16.7. The molecule has 0 radical (unpaired) electrons. The predicted octanol–water partition coefficient (Wildman–Crippen LogP) is 10.4. The van der Waals surface area contributed by atoms with Crippen LogP contribution in [0.1, 0.15) is 194 Å². The summed E-state index contributed by atoms with van der Waals surface area (Å²) in [5, 5.41) is 72.3. The van der Waals surface area contributed by atoms with Crippen LogP contribution in [-0.4, -0.2) is 142 Å². The fraction of sp³-hybridized carbons (Fsp3) is 0.754. The van der Waals surface area contributed by atoms with Gasteiger partial charge in [-0.1, -0.05) is 202 Å². The number of carbonyl (C=O) groups is 1. The van der Waals surface area contributed by atoms with E-state index in [9.17, 15) is 40.5 Å². The molecule has 0 saturated carbocycles. The van der Waals surface area contributed by atoms with Crippen molar-refractivity contribution in [3.63, 3.8) is 0 Å². The van der Waals surface area contributed by atoms with Crippen LogP contribution in [0.2, 0.25) is 0 Å². The van der Waals surface area contributed by atoms with Crippen LogP contribution in [0.25, 0.3) is 0 Å². The van der Waals surface area contributed by atoms with Crippen molar-refractivity contribution in [3.8, 4) is 0 Å². The summed E-state index contributed by atoms with van der Waals surface area (Å²) in [6.07, 6.45) is 45.0. The molecular formula is C61H104O14. The summed E-state index contributed by atoms with van der Waals surface area (Å²) in [6, 6.07) is 0. The van der Waals surface area contributed by atoms with Crippen molar-refractivity contribution in [1.29, 1.82) is 0 Å². The molecule has 2 saturated heterocycles. The number of ether oxygens (including phenoxy) is 6. The predicted molar refractivity (Wildman–Crippen MR) is 298 cm³/mol. The van der Waals surface area contributed by atoms with Gasteiger partial charge in [-0.15, -0.1) is 0 Å². The van der Waals surface area contributed by atoms with E-state index in [0.29, 0.717) is 13.0 Å². The van der Waals surface area contributed by atoms with Crippen LogP contribution in [0.3, 0.4) is 0 Å². The number of hydrogen-bond acceptors (Lipinski definition) is 14. The number of allylic oxidation sites excluding steroid dienone is 14. The van der Waals surface area contributed by atoms with Crippen molar-refractivity contribution in [2.45, 2.75) is 261 Å². The van der Waals surface area contributed by atoms with Gasteiger partial charge in [0.1, 0.15) is 54.9 Å². The zero-order valence-corrected chi connectivity index (χ0v) is 46.3. The molecule has 11 atom stereocenters. The zero-order valence-electron chi connectivity index (χ0n) is 46.3. The van der Waals surface area contributed by atoms with E-state index in [2.05, 4.69) is 98.9 Å². The van der Waals surface area contributed by atoms with Crippen molar-refractivity contribution < 1.29 is 69.0 Å². The topological polar surface area (TPSA) is 214 Å². The molecule has 11 unspecified atom stereocenters. The van der Waals surface area contributed by atoms with Gasteiger partial charge in [-0.2, -0.15) is 0 Å². The lowest BCUT2D eigenvalue weighted by Crippen LogP contribution is -2.61. The highest BCUT2D eigenvalue weighted by Gasteiger charge is 2.47. The summed E-state index contributed by atoms with van der Waals surface area (Å²) in [7, 11) is 0. The van der Waals surface area contributed by atoms with E-state index in [0.717, 1.165) is 83.5 Å². The Labute approximate surface area is 452 Å². The molecule has 75 heavy (non-hydrogen) atoms. The molecule has 0 aromatic carbocycles. The maximum atomic E-state index is 13.1. The van der Waals surface area contributed by atoms with Crippen molar-refractivity contribution in [2.24, 2.45) is 0 Å². The molecule has 0 bridgehead atoms. The van der Waals surface area contributed by atoms with Gasteiger partial charge in [0.05, 0.1) is 26.4 Å². The molecule has 2 aliphatic heterocycles. The van der Waals surface area contributed by atoms with E-state index in [1.54, 1.807) is 0 Å². The summed E-state index contributed by atoms with van der Waals surface area (Å²) in [4.78, 5) is 13.1. The van der Waals surface area contributed by atoms with Crippen LogP contribution in [-0.2, 0) is 33.2 Å². The minimum absolute atomic E-state index is 0.0287. The Hall–Kier alpha value is -2.83. The Morgan fingerprint density at radius 3 is 1.33 bits per heavy atom. The lowest BCUT2D eigenvalue weighted by atomic mass is 9.98. The lowest BCUT2D eigenvalue weighted by molar-refractivity contribution is -0.332. The molecule has 0 aromatic heterocycles. The second-order valence-electron chi connectivity index (χ2n) is 20.1. The minimum atomic E-state index is -1.72. The standard InChI is InChI=1S/C61H104O14/c1-3-5-7-9-11-13-15-17-19-21-22-23-24-25-26-27-29-31-33-35-37-39-41-43-45-70-47-50(73-53(63)44-42-40-38-36-34-32-30-28-20-18-16-14-12-10-8-6-4-2)48-71-60-59(69)57(67)55(65)52(75-60)49-72-61-58(68)56(66)54(64)51(46-62)74-61/h5,7,11,13,17,19,22-23,25-26,29,31,35,37,50-52,54-62,64-69H,3-4,6,8-10,12,14-16,18,20-21,24,27-28,30,32-34,36,38-49H2,1-2H3/b7-5-,13-11-,19-17-,23-22-,26-25-,31-29-,37-35-. The monoisotopic (exact) mass is 1060 g/mol. The average Bonchev–Trinajstić information content (AvgIpc) is 3.41. The number of aliphatic hydroxyl groups is 7. The Bertz CT molecular complexity index is 1560. The summed E-state index contributed by atoms with van der Waals surface area (Å²) < 4.78 is 34.3. The highest BCUT2D eigenvalue weighted by Crippen LogP contribution is 2.26. The molecule has 0 amide bonds. The summed E-state index contributed by atoms with van der Waals surface area (Å²) in [6.45, 7) is 3.47. The first-order valence-corrected chi connectivity index (χ1v) is 29.2. The summed E-state index contributed by atoms with van der Waals surface area (Å²) >= 11 is 0. The fourth-order valence-corrected chi connectivity index (χ4v) is 8.74. The van der Waals surface area contributed by atoms with Crippen LogP contribution < -0.4 is 0 Å². The number of carbonyl (C=O) groups excluding carboxylic acids is 1. The van der Waals surface area contributed by atoms with Gasteiger partial charge in [0.2, 0.25) is 0 Å². The minimum Gasteiger partial charge on any atom is -0.457 e. The van der Waals surface area contributed by atoms with E-state index in [-0.39, 0.29) is 19.6 Å². The maximum Gasteiger partial charge on any atom is 0.306 e. The molecule has 2 aliphatic rings. The number of hydrogen-bond donors (Lipinski definition) is 7. The third-order valence-corrected chi connectivity index (χ3v) is 13.4. The Balaban J connectivity index is 1.74. The molecule has 2 fully saturated rings. The quantitative estimate of drug-likeness (QED) is 0.0172. The third-order valence-electron chi connectivity index (χ3n) is 13.4. The number of rotatable bonds is 46. The molecule has 0 aliphatic carbocycles. The summed E-state index contributed by atoms with van der Waals surface area (Å²) in [5.41, 5.74) is 0. The van der Waals surface area contributed by atoms with Crippen LogP contribution in [0.15, 0.2) is 85.1 Å². The van der Waals surface area contributed by atoms with Crippen LogP contribution in [0, 0.1) is 0 Å². The molecule has 432 valence electrons.